The summed E-state index contributed by atoms with van der Waals surface area (Å²) in [6, 6.07) is 6.82. The fourth-order valence-corrected chi connectivity index (χ4v) is 3.02. The number of aliphatic carboxylic acids is 1. The van der Waals surface area contributed by atoms with Gasteiger partial charge in [-0.15, -0.1) is 0 Å². The fraction of sp³-hybridized carbons (Fsp3) is 0.550. The van der Waals surface area contributed by atoms with Crippen molar-refractivity contribution in [1.29, 1.82) is 0 Å². The maximum absolute atomic E-state index is 12.4. The van der Waals surface area contributed by atoms with Crippen molar-refractivity contribution in [2.45, 2.75) is 58.4 Å². The first-order chi connectivity index (χ1) is 12.2. The van der Waals surface area contributed by atoms with E-state index in [9.17, 15) is 14.4 Å². The predicted octanol–water partition coefficient (Wildman–Crippen LogP) is 3.43. The number of carbonyl (C=O) groups excluding carboxylic acids is 2. The van der Waals surface area contributed by atoms with E-state index in [-0.39, 0.29) is 29.2 Å². The predicted molar refractivity (Wildman–Crippen MR) is 100.0 cm³/mol. The number of hydrogen-bond donors (Lipinski definition) is 3. The van der Waals surface area contributed by atoms with E-state index in [1.54, 1.807) is 24.3 Å². The van der Waals surface area contributed by atoms with Crippen molar-refractivity contribution in [3.8, 4) is 0 Å². The highest BCUT2D eigenvalue weighted by Gasteiger charge is 2.29. The lowest BCUT2D eigenvalue weighted by Crippen LogP contribution is -2.42. The molecule has 3 N–H and O–H groups in total. The summed E-state index contributed by atoms with van der Waals surface area (Å²) in [5, 5.41) is 14.9. The SMILES string of the molecule is CCC(C)(C)NC(=O)c1ccc(NC(=O)C2CCC(C(=O)O)CC2)cc1. The van der Waals surface area contributed by atoms with Crippen molar-refractivity contribution < 1.29 is 19.5 Å². The van der Waals surface area contributed by atoms with E-state index in [1.807, 2.05) is 20.8 Å². The van der Waals surface area contributed by atoms with Crippen LogP contribution in [0, 0.1) is 11.8 Å². The van der Waals surface area contributed by atoms with Gasteiger partial charge in [-0.3, -0.25) is 14.4 Å². The summed E-state index contributed by atoms with van der Waals surface area (Å²) >= 11 is 0. The molecule has 6 heteroatoms. The third-order valence-electron chi connectivity index (χ3n) is 5.20. The molecule has 0 spiro atoms. The summed E-state index contributed by atoms with van der Waals surface area (Å²) in [6.07, 6.45) is 3.10. The van der Waals surface area contributed by atoms with Crippen LogP contribution in [0.15, 0.2) is 24.3 Å². The van der Waals surface area contributed by atoms with E-state index < -0.39 is 5.97 Å². The van der Waals surface area contributed by atoms with Crippen LogP contribution >= 0.6 is 0 Å². The van der Waals surface area contributed by atoms with Gasteiger partial charge >= 0.3 is 5.97 Å². The number of carbonyl (C=O) groups is 3. The molecule has 1 aromatic rings. The molecule has 0 bridgehead atoms. The molecule has 0 radical (unpaired) electrons. The molecular formula is C20H28N2O4. The van der Waals surface area contributed by atoms with Gasteiger partial charge in [0.25, 0.3) is 5.91 Å². The number of hydrogen-bond acceptors (Lipinski definition) is 3. The van der Waals surface area contributed by atoms with Gasteiger partial charge in [-0.25, -0.2) is 0 Å². The van der Waals surface area contributed by atoms with Crippen LogP contribution in [-0.4, -0.2) is 28.4 Å². The second-order valence-electron chi connectivity index (χ2n) is 7.64. The van der Waals surface area contributed by atoms with Crippen LogP contribution in [0.2, 0.25) is 0 Å². The Morgan fingerprint density at radius 2 is 1.58 bits per heavy atom. The molecule has 26 heavy (non-hydrogen) atoms. The summed E-state index contributed by atoms with van der Waals surface area (Å²) in [4.78, 5) is 35.6. The third-order valence-corrected chi connectivity index (χ3v) is 5.20. The van der Waals surface area contributed by atoms with Gasteiger partial charge in [0.1, 0.15) is 0 Å². The largest absolute Gasteiger partial charge is 0.481 e. The molecular weight excluding hydrogens is 332 g/mol. The normalized spacial score (nSPS) is 20.3. The van der Waals surface area contributed by atoms with Crippen molar-refractivity contribution in [2.24, 2.45) is 11.8 Å². The number of nitrogens with one attached hydrogen (secondary N) is 2. The highest BCUT2D eigenvalue weighted by molar-refractivity contribution is 5.96. The van der Waals surface area contributed by atoms with Crippen molar-refractivity contribution >= 4 is 23.5 Å². The number of benzene rings is 1. The van der Waals surface area contributed by atoms with Crippen LogP contribution in [0.4, 0.5) is 5.69 Å². The summed E-state index contributed by atoms with van der Waals surface area (Å²) in [6.45, 7) is 5.96. The minimum atomic E-state index is -0.774. The first-order valence-corrected chi connectivity index (χ1v) is 9.18. The Labute approximate surface area is 154 Å². The molecule has 2 rings (SSSR count). The first-order valence-electron chi connectivity index (χ1n) is 9.18. The molecule has 1 aromatic carbocycles. The van der Waals surface area contributed by atoms with E-state index in [0.29, 0.717) is 36.9 Å². The van der Waals surface area contributed by atoms with Crippen molar-refractivity contribution in [3.63, 3.8) is 0 Å². The first kappa shape index (κ1) is 19.9. The number of amides is 2. The molecule has 0 atom stereocenters. The van der Waals surface area contributed by atoms with Crippen molar-refractivity contribution in [3.05, 3.63) is 29.8 Å². The Morgan fingerprint density at radius 3 is 2.08 bits per heavy atom. The molecule has 1 fully saturated rings. The molecule has 0 heterocycles. The summed E-state index contributed by atoms with van der Waals surface area (Å²) in [5.41, 5.74) is 0.923. The molecule has 0 unspecified atom stereocenters. The zero-order valence-electron chi connectivity index (χ0n) is 15.7. The summed E-state index contributed by atoms with van der Waals surface area (Å²) in [5.74, 6) is -1.48. The van der Waals surface area contributed by atoms with E-state index in [4.69, 9.17) is 5.11 Å². The minimum absolute atomic E-state index is 0.0850. The molecule has 0 aromatic heterocycles. The standard InChI is InChI=1S/C20H28N2O4/c1-4-20(2,3)22-18(24)14-9-11-16(12-10-14)21-17(23)13-5-7-15(8-6-13)19(25)26/h9-13,15H,4-8H2,1-3H3,(H,21,23)(H,22,24)(H,25,26). The van der Waals surface area contributed by atoms with Crippen LogP contribution in [0.3, 0.4) is 0 Å². The van der Waals surface area contributed by atoms with Crippen LogP contribution in [0.25, 0.3) is 0 Å². The van der Waals surface area contributed by atoms with Gasteiger partial charge in [-0.05, 0) is 70.2 Å². The number of carboxylic acid groups (broad SMARTS) is 1. The lowest BCUT2D eigenvalue weighted by molar-refractivity contribution is -0.143. The smallest absolute Gasteiger partial charge is 0.306 e. The van der Waals surface area contributed by atoms with Crippen LogP contribution in [-0.2, 0) is 9.59 Å². The average Bonchev–Trinajstić information content (AvgIpc) is 2.62. The van der Waals surface area contributed by atoms with E-state index in [1.165, 1.54) is 0 Å². The zero-order valence-corrected chi connectivity index (χ0v) is 15.7. The Morgan fingerprint density at radius 1 is 1.04 bits per heavy atom. The monoisotopic (exact) mass is 360 g/mol. The molecule has 2 amide bonds. The zero-order chi connectivity index (χ0) is 19.3. The van der Waals surface area contributed by atoms with Crippen LogP contribution < -0.4 is 10.6 Å². The number of carboxylic acids is 1. The second kappa shape index (κ2) is 8.34. The molecule has 0 saturated heterocycles. The van der Waals surface area contributed by atoms with E-state index >= 15 is 0 Å². The minimum Gasteiger partial charge on any atom is -0.481 e. The van der Waals surface area contributed by atoms with Gasteiger partial charge in [-0.1, -0.05) is 6.92 Å². The molecule has 1 aliphatic rings. The maximum atomic E-state index is 12.4. The lowest BCUT2D eigenvalue weighted by Gasteiger charge is -2.25. The number of anilines is 1. The Balaban J connectivity index is 1.90. The Hall–Kier alpha value is -2.37. The molecule has 1 saturated carbocycles. The van der Waals surface area contributed by atoms with Gasteiger partial charge in [-0.2, -0.15) is 0 Å². The Bertz CT molecular complexity index is 659. The van der Waals surface area contributed by atoms with Crippen molar-refractivity contribution in [2.75, 3.05) is 5.32 Å². The summed E-state index contributed by atoms with van der Waals surface area (Å²) in [7, 11) is 0. The number of rotatable bonds is 6. The van der Waals surface area contributed by atoms with Crippen molar-refractivity contribution in [1.82, 2.24) is 5.32 Å². The second-order valence-corrected chi connectivity index (χ2v) is 7.64. The van der Waals surface area contributed by atoms with E-state index in [0.717, 1.165) is 6.42 Å². The average molecular weight is 360 g/mol. The van der Waals surface area contributed by atoms with E-state index in [2.05, 4.69) is 10.6 Å². The van der Waals surface area contributed by atoms with Crippen LogP contribution in [0.5, 0.6) is 0 Å². The summed E-state index contributed by atoms with van der Waals surface area (Å²) < 4.78 is 0. The molecule has 1 aliphatic carbocycles. The molecule has 142 valence electrons. The molecule has 0 aliphatic heterocycles. The van der Waals surface area contributed by atoms with Gasteiger partial charge in [0.2, 0.25) is 5.91 Å². The van der Waals surface area contributed by atoms with Gasteiger partial charge in [0.05, 0.1) is 5.92 Å². The molecule has 6 nitrogen and oxygen atoms in total. The third kappa shape index (κ3) is 5.31. The maximum Gasteiger partial charge on any atom is 0.306 e. The van der Waals surface area contributed by atoms with Gasteiger partial charge in [0, 0.05) is 22.7 Å². The fourth-order valence-electron chi connectivity index (χ4n) is 3.02. The van der Waals surface area contributed by atoms with Crippen LogP contribution in [0.1, 0.15) is 63.2 Å². The highest BCUT2D eigenvalue weighted by Crippen LogP contribution is 2.29. The van der Waals surface area contributed by atoms with Gasteiger partial charge in [0.15, 0.2) is 0 Å². The highest BCUT2D eigenvalue weighted by atomic mass is 16.4. The topological polar surface area (TPSA) is 95.5 Å². The van der Waals surface area contributed by atoms with Gasteiger partial charge < -0.3 is 15.7 Å². The lowest BCUT2D eigenvalue weighted by atomic mass is 9.81. The Kier molecular flexibility index (Phi) is 6.40. The quantitative estimate of drug-likeness (QED) is 0.724.